The average Bonchev–Trinajstić information content (AvgIpc) is 2.94. The van der Waals surface area contributed by atoms with Crippen LogP contribution >= 0.6 is 0 Å². The number of amidine groups is 1. The summed E-state index contributed by atoms with van der Waals surface area (Å²) in [6.07, 6.45) is 9.19. The zero-order valence-electron chi connectivity index (χ0n) is 24.0. The van der Waals surface area contributed by atoms with Gasteiger partial charge in [0.25, 0.3) is 5.91 Å². The molecule has 0 radical (unpaired) electrons. The largest absolute Gasteiger partial charge is 0.496 e. The Labute approximate surface area is 233 Å². The minimum Gasteiger partial charge on any atom is -0.496 e. The van der Waals surface area contributed by atoms with E-state index in [1.54, 1.807) is 13.2 Å². The summed E-state index contributed by atoms with van der Waals surface area (Å²) in [5.41, 5.74) is 7.08. The summed E-state index contributed by atoms with van der Waals surface area (Å²) in [6, 6.07) is 18.0. The van der Waals surface area contributed by atoms with Gasteiger partial charge in [-0.15, -0.1) is 6.58 Å². The van der Waals surface area contributed by atoms with Gasteiger partial charge in [-0.25, -0.2) is 4.21 Å². The molecule has 6 nitrogen and oxygen atoms in total. The van der Waals surface area contributed by atoms with Crippen LogP contribution in [0.4, 0.5) is 0 Å². The molecule has 210 valence electrons. The van der Waals surface area contributed by atoms with E-state index in [-0.39, 0.29) is 17.2 Å². The normalized spacial score (nSPS) is 18.9. The van der Waals surface area contributed by atoms with Gasteiger partial charge in [-0.3, -0.25) is 4.79 Å². The first kappa shape index (κ1) is 34.8. The molecular formula is C31H47N3O3S. The Hall–Kier alpha value is -3.19. The smallest absolute Gasteiger partial charge is 0.255 e. The van der Waals surface area contributed by atoms with Gasteiger partial charge in [0.2, 0.25) is 0 Å². The second-order valence-corrected chi connectivity index (χ2v) is 9.79. The topological polar surface area (TPSA) is 93.8 Å². The molecular weight excluding hydrogens is 494 g/mol. The molecule has 0 saturated heterocycles. The number of hydrogen-bond donors (Lipinski definition) is 2. The highest BCUT2D eigenvalue weighted by molar-refractivity contribution is 7.83. The summed E-state index contributed by atoms with van der Waals surface area (Å²) in [7, 11) is 0.393. The molecule has 2 aromatic rings. The van der Waals surface area contributed by atoms with E-state index in [0.29, 0.717) is 17.9 Å². The zero-order chi connectivity index (χ0) is 29.0. The van der Waals surface area contributed by atoms with Gasteiger partial charge in [0.15, 0.2) is 0 Å². The number of nitrogens with one attached hydrogen (secondary N) is 1. The zero-order valence-corrected chi connectivity index (χ0v) is 24.9. The SMILES string of the molecule is C=C/C(N)=N/S(C)=O.C=CC.CC.COc1ccccc1C(=O)NCC1(c2ccccc2)CCC(C)CC1. The predicted molar refractivity (Wildman–Crippen MR) is 164 cm³/mol. The van der Waals surface area contributed by atoms with Gasteiger partial charge < -0.3 is 15.8 Å². The van der Waals surface area contributed by atoms with Crippen LogP contribution in [0, 0.1) is 5.92 Å². The third-order valence-corrected chi connectivity index (χ3v) is 6.47. The minimum absolute atomic E-state index is 0.0332. The van der Waals surface area contributed by atoms with E-state index in [1.807, 2.05) is 45.0 Å². The molecule has 0 bridgehead atoms. The van der Waals surface area contributed by atoms with Gasteiger partial charge in [0, 0.05) is 18.2 Å². The van der Waals surface area contributed by atoms with Gasteiger partial charge in [-0.1, -0.05) is 75.9 Å². The molecule has 1 unspecified atom stereocenters. The molecule has 0 spiro atoms. The number of carbonyl (C=O) groups excluding carboxylic acids is 1. The van der Waals surface area contributed by atoms with Crippen molar-refractivity contribution in [3.63, 3.8) is 0 Å². The molecule has 1 atom stereocenters. The highest BCUT2D eigenvalue weighted by Gasteiger charge is 2.36. The maximum absolute atomic E-state index is 12.7. The van der Waals surface area contributed by atoms with Crippen LogP contribution in [-0.4, -0.2) is 35.9 Å². The van der Waals surface area contributed by atoms with Crippen LogP contribution in [0.25, 0.3) is 0 Å². The molecule has 2 aromatic carbocycles. The Balaban J connectivity index is 0.000000886. The Kier molecular flexibility index (Phi) is 18.2. The summed E-state index contributed by atoms with van der Waals surface area (Å²) >= 11 is 0. The standard InChI is InChI=1S/C22H27NO2.C4H8N2OS.C3H6.C2H6/c1-17-12-14-22(15-13-17,18-8-4-3-5-9-18)16-23-21(24)19-10-6-7-11-20(19)25-2;1-3-4(5)6-8(2)7;1-3-2;1-2/h3-11,17H,12-16H2,1-2H3,(H,23,24);3H,1H2,2H3,(H2,5,6);3H,1H2,2H3;1-2H3. The van der Waals surface area contributed by atoms with Crippen molar-refractivity contribution < 1.29 is 13.7 Å². The first-order chi connectivity index (χ1) is 18.2. The molecule has 7 heteroatoms. The summed E-state index contributed by atoms with van der Waals surface area (Å²) < 4.78 is 19.0. The predicted octanol–water partition coefficient (Wildman–Crippen LogP) is 6.61. The van der Waals surface area contributed by atoms with E-state index < -0.39 is 11.0 Å². The van der Waals surface area contributed by atoms with E-state index in [2.05, 4.69) is 60.1 Å². The summed E-state index contributed by atoms with van der Waals surface area (Å²) in [4.78, 5) is 12.7. The van der Waals surface area contributed by atoms with E-state index in [4.69, 9.17) is 10.5 Å². The number of methoxy groups -OCH3 is 1. The Bertz CT molecular complexity index is 1010. The van der Waals surface area contributed by atoms with Gasteiger partial charge in [-0.05, 0) is 62.3 Å². The second kappa shape index (κ2) is 19.9. The third kappa shape index (κ3) is 12.4. The number of nitrogens with two attached hydrogens (primary N) is 1. The quantitative estimate of drug-likeness (QED) is 0.234. The van der Waals surface area contributed by atoms with Crippen molar-refractivity contribution in [3.05, 3.63) is 91.0 Å². The molecule has 1 amide bonds. The molecule has 1 fully saturated rings. The molecule has 1 aliphatic rings. The van der Waals surface area contributed by atoms with Crippen LogP contribution in [0.15, 0.2) is 84.3 Å². The van der Waals surface area contributed by atoms with Crippen molar-refractivity contribution in [2.24, 2.45) is 16.0 Å². The third-order valence-electron chi connectivity index (χ3n) is 6.00. The molecule has 3 N–H and O–H groups in total. The van der Waals surface area contributed by atoms with Gasteiger partial charge in [0.1, 0.15) is 22.6 Å². The second-order valence-electron chi connectivity index (χ2n) is 8.76. The average molecular weight is 542 g/mol. The van der Waals surface area contributed by atoms with E-state index in [1.165, 1.54) is 30.7 Å². The maximum atomic E-state index is 12.7. The molecule has 0 aromatic heterocycles. The monoisotopic (exact) mass is 541 g/mol. The van der Waals surface area contributed by atoms with Crippen LogP contribution < -0.4 is 15.8 Å². The molecule has 0 heterocycles. The Morgan fingerprint density at radius 3 is 2.13 bits per heavy atom. The number of nitrogens with zero attached hydrogens (tertiary/aromatic N) is 1. The summed E-state index contributed by atoms with van der Waals surface area (Å²) in [5.74, 6) is 1.53. The van der Waals surface area contributed by atoms with Crippen LogP contribution in [0.3, 0.4) is 0 Å². The number of para-hydroxylation sites is 1. The Morgan fingerprint density at radius 1 is 1.13 bits per heavy atom. The van der Waals surface area contributed by atoms with Gasteiger partial charge >= 0.3 is 0 Å². The molecule has 1 saturated carbocycles. The van der Waals surface area contributed by atoms with E-state index >= 15 is 0 Å². The van der Waals surface area contributed by atoms with Gasteiger partial charge in [-0.2, -0.15) is 4.40 Å². The number of rotatable bonds is 7. The van der Waals surface area contributed by atoms with Crippen LogP contribution in [0.5, 0.6) is 5.75 Å². The number of hydrogen-bond acceptors (Lipinski definition) is 3. The summed E-state index contributed by atoms with van der Waals surface area (Å²) in [6.45, 7) is 15.6. The van der Waals surface area contributed by atoms with E-state index in [0.717, 1.165) is 18.8 Å². The van der Waals surface area contributed by atoms with E-state index in [9.17, 15) is 9.00 Å². The van der Waals surface area contributed by atoms with Crippen molar-refractivity contribution >= 4 is 22.7 Å². The lowest BCUT2D eigenvalue weighted by molar-refractivity contribution is 0.0930. The molecule has 0 aliphatic heterocycles. The summed E-state index contributed by atoms with van der Waals surface area (Å²) in [5, 5.41) is 3.18. The fourth-order valence-corrected chi connectivity index (χ4v) is 4.41. The van der Waals surface area contributed by atoms with Crippen molar-refractivity contribution in [1.29, 1.82) is 0 Å². The van der Waals surface area contributed by atoms with Crippen LogP contribution in [-0.2, 0) is 16.4 Å². The number of ether oxygens (including phenoxy) is 1. The van der Waals surface area contributed by atoms with Crippen molar-refractivity contribution in [2.45, 2.75) is 58.8 Å². The van der Waals surface area contributed by atoms with Crippen molar-refractivity contribution in [1.82, 2.24) is 5.32 Å². The first-order valence-corrected chi connectivity index (χ1v) is 14.6. The van der Waals surface area contributed by atoms with Gasteiger partial charge in [0.05, 0.1) is 12.7 Å². The first-order valence-electron chi connectivity index (χ1n) is 13.1. The number of amides is 1. The van der Waals surface area contributed by atoms with Crippen LogP contribution in [0.1, 0.15) is 69.3 Å². The fraction of sp³-hybridized carbons (Fsp3) is 0.419. The Morgan fingerprint density at radius 2 is 1.66 bits per heavy atom. The lowest BCUT2D eigenvalue weighted by Gasteiger charge is -2.40. The van der Waals surface area contributed by atoms with Crippen molar-refractivity contribution in [3.8, 4) is 5.75 Å². The lowest BCUT2D eigenvalue weighted by atomic mass is 9.67. The fourth-order valence-electron chi connectivity index (χ4n) is 4.04. The molecule has 1 aliphatic carbocycles. The number of carbonyl (C=O) groups is 1. The molecule has 38 heavy (non-hydrogen) atoms. The minimum atomic E-state index is -1.20. The molecule has 3 rings (SSSR count). The lowest BCUT2D eigenvalue weighted by Crippen LogP contribution is -2.43. The van der Waals surface area contributed by atoms with Crippen molar-refractivity contribution in [2.75, 3.05) is 19.9 Å². The highest BCUT2D eigenvalue weighted by Crippen LogP contribution is 2.41. The van der Waals surface area contributed by atoms with Crippen LogP contribution in [0.2, 0.25) is 0 Å². The number of allylic oxidation sites excluding steroid dienone is 1. The maximum Gasteiger partial charge on any atom is 0.255 e. The number of benzene rings is 2. The highest BCUT2D eigenvalue weighted by atomic mass is 32.2.